The summed E-state index contributed by atoms with van der Waals surface area (Å²) in [6, 6.07) is 0. The van der Waals surface area contributed by atoms with Gasteiger partial charge in [0.05, 0.1) is 24.9 Å². The summed E-state index contributed by atoms with van der Waals surface area (Å²) in [5.41, 5.74) is 0. The van der Waals surface area contributed by atoms with E-state index in [1.807, 2.05) is 0 Å². The molecule has 1 rings (SSSR count). The molecule has 0 aliphatic heterocycles. The second-order valence-electron chi connectivity index (χ2n) is 3.86. The lowest BCUT2D eigenvalue weighted by Gasteiger charge is -2.07. The van der Waals surface area contributed by atoms with Crippen LogP contribution in [-0.2, 0) is 9.53 Å². The van der Waals surface area contributed by atoms with Crippen molar-refractivity contribution >= 4 is 27.8 Å². The third-order valence-electron chi connectivity index (χ3n) is 2.47. The van der Waals surface area contributed by atoms with Crippen molar-refractivity contribution in [3.63, 3.8) is 0 Å². The Balaban J connectivity index is 2.21. The van der Waals surface area contributed by atoms with Crippen molar-refractivity contribution in [1.29, 1.82) is 0 Å². The number of carbonyl (C=O) groups excluding carboxylic acids is 1. The lowest BCUT2D eigenvalue weighted by molar-refractivity contribution is -0.140. The van der Waals surface area contributed by atoms with Gasteiger partial charge in [0.15, 0.2) is 0 Å². The number of halogens is 1. The molecule has 0 unspecified atom stereocenters. The van der Waals surface area contributed by atoms with Gasteiger partial charge in [0.1, 0.15) is 0 Å². The molecule has 106 valence electrons. The number of carbonyl (C=O) groups is 1. The van der Waals surface area contributed by atoms with Gasteiger partial charge in [-0.3, -0.25) is 4.79 Å². The van der Waals surface area contributed by atoms with Crippen LogP contribution in [0.1, 0.15) is 25.7 Å². The Morgan fingerprint density at radius 1 is 1.37 bits per heavy atom. The average molecular weight is 332 g/mol. The molecule has 1 aromatic heterocycles. The fourth-order valence-corrected chi connectivity index (χ4v) is 1.81. The first-order valence-corrected chi connectivity index (χ1v) is 6.84. The quantitative estimate of drug-likeness (QED) is 0.582. The van der Waals surface area contributed by atoms with Crippen molar-refractivity contribution in [3.05, 3.63) is 10.7 Å². The fraction of sp³-hybridized carbons (Fsp3) is 0.583. The molecular weight excluding hydrogens is 314 g/mol. The number of nitrogens with one attached hydrogen (secondary N) is 1. The zero-order valence-corrected chi connectivity index (χ0v) is 12.7. The molecule has 0 fully saturated rings. The maximum absolute atomic E-state index is 10.9. The van der Waals surface area contributed by atoms with Crippen LogP contribution < -0.4 is 10.1 Å². The Morgan fingerprint density at radius 3 is 2.84 bits per heavy atom. The molecule has 0 aliphatic carbocycles. The van der Waals surface area contributed by atoms with Crippen molar-refractivity contribution in [2.75, 3.05) is 26.1 Å². The van der Waals surface area contributed by atoms with Gasteiger partial charge >= 0.3 is 5.97 Å². The molecule has 7 heteroatoms. The molecule has 0 saturated heterocycles. The van der Waals surface area contributed by atoms with Crippen LogP contribution in [0.15, 0.2) is 10.7 Å². The molecule has 0 atom stereocenters. The SMILES string of the molecule is COC(=O)CCCCCNc1ncc(Br)c(OC)n1. The minimum atomic E-state index is -0.158. The van der Waals surface area contributed by atoms with Crippen LogP contribution in [0.5, 0.6) is 5.88 Å². The molecule has 1 aromatic rings. The van der Waals surface area contributed by atoms with Gasteiger partial charge in [-0.25, -0.2) is 4.98 Å². The summed E-state index contributed by atoms with van der Waals surface area (Å²) in [6.45, 7) is 0.756. The van der Waals surface area contributed by atoms with E-state index < -0.39 is 0 Å². The summed E-state index contributed by atoms with van der Waals surface area (Å²) in [5, 5.41) is 3.11. The predicted molar refractivity (Wildman–Crippen MR) is 75.3 cm³/mol. The zero-order valence-electron chi connectivity index (χ0n) is 11.1. The molecule has 19 heavy (non-hydrogen) atoms. The second kappa shape index (κ2) is 8.68. The summed E-state index contributed by atoms with van der Waals surface area (Å²) in [4.78, 5) is 19.2. The number of anilines is 1. The molecule has 0 aliphatic rings. The topological polar surface area (TPSA) is 73.3 Å². The van der Waals surface area contributed by atoms with Gasteiger partial charge in [-0.1, -0.05) is 6.42 Å². The van der Waals surface area contributed by atoms with Crippen LogP contribution in [-0.4, -0.2) is 36.7 Å². The minimum Gasteiger partial charge on any atom is -0.480 e. The minimum absolute atomic E-state index is 0.158. The smallest absolute Gasteiger partial charge is 0.305 e. The van der Waals surface area contributed by atoms with Crippen molar-refractivity contribution in [2.45, 2.75) is 25.7 Å². The Morgan fingerprint density at radius 2 is 2.16 bits per heavy atom. The first-order valence-electron chi connectivity index (χ1n) is 6.04. The van der Waals surface area contributed by atoms with E-state index in [1.165, 1.54) is 7.11 Å². The Labute approximate surface area is 121 Å². The highest BCUT2D eigenvalue weighted by molar-refractivity contribution is 9.10. The number of ether oxygens (including phenoxy) is 2. The van der Waals surface area contributed by atoms with Crippen molar-refractivity contribution in [3.8, 4) is 5.88 Å². The summed E-state index contributed by atoms with van der Waals surface area (Å²) >= 11 is 3.29. The third-order valence-corrected chi connectivity index (χ3v) is 3.02. The number of nitrogens with zero attached hydrogens (tertiary/aromatic N) is 2. The highest BCUT2D eigenvalue weighted by Crippen LogP contribution is 2.21. The summed E-state index contributed by atoms with van der Waals surface area (Å²) in [5.74, 6) is 0.880. The number of methoxy groups -OCH3 is 2. The number of aromatic nitrogens is 2. The standard InChI is InChI=1S/C12H18BrN3O3/c1-18-10(17)6-4-3-5-7-14-12-15-8-9(13)11(16-12)19-2/h8H,3-7H2,1-2H3,(H,14,15,16). The maximum Gasteiger partial charge on any atom is 0.305 e. The van der Waals surface area contributed by atoms with Crippen LogP contribution in [0, 0.1) is 0 Å². The van der Waals surface area contributed by atoms with E-state index in [0.717, 1.165) is 30.3 Å². The van der Waals surface area contributed by atoms with E-state index in [0.29, 0.717) is 18.2 Å². The van der Waals surface area contributed by atoms with Crippen molar-refractivity contribution in [1.82, 2.24) is 9.97 Å². The largest absolute Gasteiger partial charge is 0.480 e. The second-order valence-corrected chi connectivity index (χ2v) is 4.72. The summed E-state index contributed by atoms with van der Waals surface area (Å²) < 4.78 is 10.4. The number of hydrogen-bond acceptors (Lipinski definition) is 6. The van der Waals surface area contributed by atoms with E-state index in [4.69, 9.17) is 4.74 Å². The van der Waals surface area contributed by atoms with Crippen molar-refractivity contribution < 1.29 is 14.3 Å². The van der Waals surface area contributed by atoms with Gasteiger partial charge in [-0.15, -0.1) is 0 Å². The van der Waals surface area contributed by atoms with Crippen molar-refractivity contribution in [2.24, 2.45) is 0 Å². The molecular formula is C12H18BrN3O3. The first kappa shape index (κ1) is 15.7. The number of rotatable bonds is 8. The molecule has 1 N–H and O–H groups in total. The lowest BCUT2D eigenvalue weighted by atomic mass is 10.2. The Hall–Kier alpha value is -1.37. The molecule has 0 spiro atoms. The Kier molecular flexibility index (Phi) is 7.17. The Bertz CT molecular complexity index is 415. The molecule has 0 amide bonds. The zero-order chi connectivity index (χ0) is 14.1. The number of hydrogen-bond donors (Lipinski definition) is 1. The molecule has 0 aromatic carbocycles. The molecule has 0 bridgehead atoms. The van der Waals surface area contributed by atoms with Gasteiger partial charge in [-0.2, -0.15) is 4.98 Å². The maximum atomic E-state index is 10.9. The van der Waals surface area contributed by atoms with Gasteiger partial charge in [0.2, 0.25) is 11.8 Å². The third kappa shape index (κ3) is 5.87. The van der Waals surface area contributed by atoms with Gasteiger partial charge < -0.3 is 14.8 Å². The summed E-state index contributed by atoms with van der Waals surface area (Å²) in [6.07, 6.45) is 4.85. The first-order chi connectivity index (χ1) is 9.17. The molecule has 0 radical (unpaired) electrons. The fourth-order valence-electron chi connectivity index (χ4n) is 1.45. The van der Waals surface area contributed by atoms with E-state index in [-0.39, 0.29) is 5.97 Å². The van der Waals surface area contributed by atoms with Crippen LogP contribution in [0.25, 0.3) is 0 Å². The number of unbranched alkanes of at least 4 members (excludes halogenated alkanes) is 2. The van der Waals surface area contributed by atoms with E-state index in [9.17, 15) is 4.79 Å². The average Bonchev–Trinajstić information content (AvgIpc) is 2.43. The number of esters is 1. The van der Waals surface area contributed by atoms with Crippen LogP contribution in [0.3, 0.4) is 0 Å². The van der Waals surface area contributed by atoms with Gasteiger partial charge in [-0.05, 0) is 28.8 Å². The van der Waals surface area contributed by atoms with Gasteiger partial charge in [0.25, 0.3) is 0 Å². The van der Waals surface area contributed by atoms with E-state index in [2.05, 4.69) is 36.0 Å². The van der Waals surface area contributed by atoms with Crippen LogP contribution >= 0.6 is 15.9 Å². The monoisotopic (exact) mass is 331 g/mol. The summed E-state index contributed by atoms with van der Waals surface area (Å²) in [7, 11) is 2.96. The lowest BCUT2D eigenvalue weighted by Crippen LogP contribution is -2.06. The highest BCUT2D eigenvalue weighted by atomic mass is 79.9. The van der Waals surface area contributed by atoms with E-state index in [1.54, 1.807) is 13.3 Å². The predicted octanol–water partition coefficient (Wildman–Crippen LogP) is 2.39. The van der Waals surface area contributed by atoms with Gasteiger partial charge in [0, 0.05) is 13.0 Å². The van der Waals surface area contributed by atoms with Crippen LogP contribution in [0.2, 0.25) is 0 Å². The molecule has 6 nitrogen and oxygen atoms in total. The molecule has 1 heterocycles. The molecule has 0 saturated carbocycles. The normalized spacial score (nSPS) is 10.1. The van der Waals surface area contributed by atoms with E-state index >= 15 is 0 Å². The van der Waals surface area contributed by atoms with Crippen LogP contribution in [0.4, 0.5) is 5.95 Å². The highest BCUT2D eigenvalue weighted by Gasteiger charge is 2.04.